The van der Waals surface area contributed by atoms with Gasteiger partial charge in [-0.25, -0.2) is 4.98 Å². The minimum Gasteiger partial charge on any atom is -0.358 e. The Morgan fingerprint density at radius 3 is 3.07 bits per heavy atom. The average Bonchev–Trinajstić information content (AvgIpc) is 2.61. The second kappa shape index (κ2) is 3.98. The lowest BCUT2D eigenvalue weighted by molar-refractivity contribution is -0.394. The van der Waals surface area contributed by atoms with Crippen molar-refractivity contribution >= 4 is 5.82 Å². The van der Waals surface area contributed by atoms with Gasteiger partial charge in [-0.15, -0.1) is 0 Å². The zero-order valence-electron chi connectivity index (χ0n) is 8.55. The molecule has 0 bridgehead atoms. The lowest BCUT2D eigenvalue weighted by Gasteiger charge is -2.20. The predicted octanol–water partition coefficient (Wildman–Crippen LogP) is 1.80. The molecule has 0 saturated carbocycles. The number of hydrogen-bond donors (Lipinski definition) is 0. The van der Waals surface area contributed by atoms with E-state index < -0.39 is 4.92 Å². The number of hydrogen-bond acceptors (Lipinski definition) is 4. The normalized spacial score (nSPS) is 21.5. The van der Waals surface area contributed by atoms with Crippen molar-refractivity contribution in [3.05, 3.63) is 22.1 Å². The zero-order chi connectivity index (χ0) is 10.8. The van der Waals surface area contributed by atoms with E-state index in [1.165, 1.54) is 10.9 Å². The molecule has 1 aromatic heterocycles. The van der Waals surface area contributed by atoms with Crippen molar-refractivity contribution in [2.45, 2.75) is 32.4 Å². The number of rotatable bonds is 2. The third-order valence-electron chi connectivity index (χ3n) is 2.58. The van der Waals surface area contributed by atoms with Crippen molar-refractivity contribution in [3.8, 4) is 0 Å². The van der Waals surface area contributed by atoms with Gasteiger partial charge < -0.3 is 14.9 Å². The Morgan fingerprint density at radius 2 is 2.47 bits per heavy atom. The second-order valence-corrected chi connectivity index (χ2v) is 3.64. The third-order valence-corrected chi connectivity index (χ3v) is 2.58. The van der Waals surface area contributed by atoms with Crippen molar-refractivity contribution in [2.24, 2.45) is 0 Å². The number of nitro groups is 1. The summed E-state index contributed by atoms with van der Waals surface area (Å²) in [6.07, 6.45) is 4.15. The highest BCUT2D eigenvalue weighted by molar-refractivity contribution is 5.26. The van der Waals surface area contributed by atoms with Gasteiger partial charge in [0, 0.05) is 6.42 Å². The summed E-state index contributed by atoms with van der Waals surface area (Å²) in [6, 6.07) is 0. The summed E-state index contributed by atoms with van der Waals surface area (Å²) in [6.45, 7) is 2.30. The van der Waals surface area contributed by atoms with Gasteiger partial charge >= 0.3 is 5.82 Å². The maximum atomic E-state index is 10.8. The van der Waals surface area contributed by atoms with Crippen LogP contribution in [0.15, 0.2) is 6.33 Å². The number of aromatic nitrogens is 2. The molecule has 0 spiro atoms. The second-order valence-electron chi connectivity index (χ2n) is 3.64. The molecule has 15 heavy (non-hydrogen) atoms. The first-order valence-electron chi connectivity index (χ1n) is 4.99. The molecule has 2 rings (SSSR count). The smallest absolute Gasteiger partial charge is 0.347 e. The van der Waals surface area contributed by atoms with E-state index in [4.69, 9.17) is 4.74 Å². The van der Waals surface area contributed by atoms with Crippen LogP contribution in [0.25, 0.3) is 0 Å². The standard InChI is InChI=1S/C9H13N3O3/c1-7-9(12(13)14)11(6-10-7)8-4-2-3-5-15-8/h6,8H,2-5H2,1H3. The van der Waals surface area contributed by atoms with Crippen LogP contribution in [0.1, 0.15) is 31.2 Å². The molecule has 0 aromatic carbocycles. The monoisotopic (exact) mass is 211 g/mol. The maximum Gasteiger partial charge on any atom is 0.347 e. The van der Waals surface area contributed by atoms with Gasteiger partial charge in [0.05, 0.1) is 6.61 Å². The lowest BCUT2D eigenvalue weighted by Crippen LogP contribution is -2.18. The minimum atomic E-state index is -0.402. The number of aryl methyl sites for hydroxylation is 1. The van der Waals surface area contributed by atoms with Gasteiger partial charge in [-0.3, -0.25) is 0 Å². The van der Waals surface area contributed by atoms with E-state index in [9.17, 15) is 10.1 Å². The van der Waals surface area contributed by atoms with Gasteiger partial charge in [0.2, 0.25) is 6.23 Å². The van der Waals surface area contributed by atoms with E-state index in [0.29, 0.717) is 12.3 Å². The highest BCUT2D eigenvalue weighted by Gasteiger charge is 2.27. The zero-order valence-corrected chi connectivity index (χ0v) is 8.55. The molecule has 1 aliphatic rings. The van der Waals surface area contributed by atoms with Crippen molar-refractivity contribution in [1.82, 2.24) is 9.55 Å². The molecule has 2 heterocycles. The van der Waals surface area contributed by atoms with Gasteiger partial charge in [0.25, 0.3) is 0 Å². The molecule has 6 heteroatoms. The van der Waals surface area contributed by atoms with Crippen LogP contribution >= 0.6 is 0 Å². The van der Waals surface area contributed by atoms with Crippen LogP contribution in [0.3, 0.4) is 0 Å². The van der Waals surface area contributed by atoms with E-state index in [1.807, 2.05) is 0 Å². The van der Waals surface area contributed by atoms with Crippen LogP contribution in [0.5, 0.6) is 0 Å². The number of ether oxygens (including phenoxy) is 1. The molecule has 1 fully saturated rings. The highest BCUT2D eigenvalue weighted by Crippen LogP contribution is 2.28. The largest absolute Gasteiger partial charge is 0.358 e. The van der Waals surface area contributed by atoms with Crippen LogP contribution in [0.4, 0.5) is 5.82 Å². The third kappa shape index (κ3) is 1.85. The Kier molecular flexibility index (Phi) is 2.68. The summed E-state index contributed by atoms with van der Waals surface area (Å²) >= 11 is 0. The quantitative estimate of drug-likeness (QED) is 0.552. The molecule has 0 aliphatic carbocycles. The fraction of sp³-hybridized carbons (Fsp3) is 0.667. The number of imidazole rings is 1. The number of nitrogens with zero attached hydrogens (tertiary/aromatic N) is 3. The summed E-state index contributed by atoms with van der Waals surface area (Å²) in [4.78, 5) is 14.4. The molecule has 1 atom stereocenters. The SMILES string of the molecule is Cc1ncn(C2CCCCO2)c1[N+](=O)[O-]. The summed E-state index contributed by atoms with van der Waals surface area (Å²) in [7, 11) is 0. The Bertz CT molecular complexity index is 369. The Balaban J connectivity index is 2.30. The van der Waals surface area contributed by atoms with Gasteiger partial charge in [0.1, 0.15) is 5.69 Å². The van der Waals surface area contributed by atoms with Gasteiger partial charge in [-0.2, -0.15) is 4.57 Å². The molecule has 0 radical (unpaired) electrons. The molecule has 82 valence electrons. The molecule has 1 aliphatic heterocycles. The minimum absolute atomic E-state index is 0.0434. The topological polar surface area (TPSA) is 70.2 Å². The molecule has 1 saturated heterocycles. The van der Waals surface area contributed by atoms with Crippen LogP contribution in [-0.2, 0) is 4.74 Å². The summed E-state index contributed by atoms with van der Waals surface area (Å²) in [5.41, 5.74) is 0.439. The molecule has 1 aromatic rings. The van der Waals surface area contributed by atoms with Crippen LogP contribution in [-0.4, -0.2) is 21.1 Å². The van der Waals surface area contributed by atoms with E-state index >= 15 is 0 Å². The first-order chi connectivity index (χ1) is 7.20. The van der Waals surface area contributed by atoms with Crippen LogP contribution in [0.2, 0.25) is 0 Å². The Hall–Kier alpha value is -1.43. The molecule has 0 amide bonds. The first kappa shape index (κ1) is 10.1. The first-order valence-corrected chi connectivity index (χ1v) is 4.99. The van der Waals surface area contributed by atoms with Gasteiger partial charge in [0.15, 0.2) is 6.33 Å². The summed E-state index contributed by atoms with van der Waals surface area (Å²) in [5, 5.41) is 10.8. The molecule has 0 N–H and O–H groups in total. The van der Waals surface area contributed by atoms with Gasteiger partial charge in [-0.1, -0.05) is 0 Å². The van der Waals surface area contributed by atoms with Crippen LogP contribution < -0.4 is 0 Å². The predicted molar refractivity (Wildman–Crippen MR) is 52.5 cm³/mol. The maximum absolute atomic E-state index is 10.8. The Morgan fingerprint density at radius 1 is 1.67 bits per heavy atom. The fourth-order valence-electron chi connectivity index (χ4n) is 1.83. The van der Waals surface area contributed by atoms with Gasteiger partial charge in [-0.05, 0) is 24.7 Å². The van der Waals surface area contributed by atoms with Crippen molar-refractivity contribution in [3.63, 3.8) is 0 Å². The van der Waals surface area contributed by atoms with E-state index in [2.05, 4.69) is 4.98 Å². The van der Waals surface area contributed by atoms with Crippen molar-refractivity contribution < 1.29 is 9.66 Å². The summed E-state index contributed by atoms with van der Waals surface area (Å²) in [5.74, 6) is 0.0434. The van der Waals surface area contributed by atoms with Crippen molar-refractivity contribution in [1.29, 1.82) is 0 Å². The lowest BCUT2D eigenvalue weighted by atomic mass is 10.2. The van der Waals surface area contributed by atoms with Crippen molar-refractivity contribution in [2.75, 3.05) is 6.61 Å². The van der Waals surface area contributed by atoms with E-state index in [1.54, 1.807) is 6.92 Å². The van der Waals surface area contributed by atoms with E-state index in [-0.39, 0.29) is 12.0 Å². The van der Waals surface area contributed by atoms with E-state index in [0.717, 1.165) is 19.3 Å². The fourth-order valence-corrected chi connectivity index (χ4v) is 1.83. The molecular formula is C9H13N3O3. The molecule has 1 unspecified atom stereocenters. The summed E-state index contributed by atoms with van der Waals surface area (Å²) < 4.78 is 7.01. The van der Waals surface area contributed by atoms with Crippen LogP contribution in [0, 0.1) is 17.0 Å². The molecule has 6 nitrogen and oxygen atoms in total. The molecular weight excluding hydrogens is 198 g/mol. The average molecular weight is 211 g/mol. The highest BCUT2D eigenvalue weighted by atomic mass is 16.6. The Labute approximate surface area is 87.0 Å².